The van der Waals surface area contributed by atoms with Crippen LogP contribution in [-0.4, -0.2) is 49.0 Å². The molecule has 0 amide bonds. The first-order valence-corrected chi connectivity index (χ1v) is 14.8. The maximum absolute atomic E-state index is 8.54. The van der Waals surface area contributed by atoms with Crippen LogP contribution in [0.5, 0.6) is 0 Å². The van der Waals surface area contributed by atoms with Crippen molar-refractivity contribution in [2.75, 3.05) is 13.7 Å². The van der Waals surface area contributed by atoms with Crippen LogP contribution in [0, 0.1) is 0 Å². The number of rotatable bonds is 14. The Hall–Kier alpha value is -3.33. The molecule has 2 unspecified atom stereocenters. The smallest absolute Gasteiger partial charge is 0.0878 e. The number of nitrogens with zero attached hydrogens (tertiary/aromatic N) is 2. The van der Waals surface area contributed by atoms with Gasteiger partial charge in [-0.2, -0.15) is 0 Å². The van der Waals surface area contributed by atoms with E-state index >= 15 is 0 Å². The molecule has 0 bridgehead atoms. The van der Waals surface area contributed by atoms with Crippen molar-refractivity contribution in [3.8, 4) is 0 Å². The van der Waals surface area contributed by atoms with Crippen molar-refractivity contribution in [2.45, 2.75) is 59.2 Å². The molecule has 42 heavy (non-hydrogen) atoms. The van der Waals surface area contributed by atoms with Crippen LogP contribution in [0.1, 0.15) is 43.9 Å². The number of hydrogen-bond donors (Lipinski definition) is 2. The summed E-state index contributed by atoms with van der Waals surface area (Å²) in [6.07, 6.45) is 4.41. The third kappa shape index (κ3) is 17.5. The molecule has 7 heteroatoms. The summed E-state index contributed by atoms with van der Waals surface area (Å²) in [4.78, 5) is 8.93. The molecule has 3 aromatic carbocycles. The Kier molecular flexibility index (Phi) is 21.2. The molecule has 0 aliphatic heterocycles. The average molecular weight is 591 g/mol. The minimum absolute atomic E-state index is 0.0322. The van der Waals surface area contributed by atoms with Gasteiger partial charge in [0.2, 0.25) is 0 Å². The van der Waals surface area contributed by atoms with E-state index in [1.807, 2.05) is 104 Å². The Balaban J connectivity index is 0.000000440. The van der Waals surface area contributed by atoms with Gasteiger partial charge in [0.15, 0.2) is 0 Å². The SMILES string of the molecule is C=N/C=C(/S/C=C(\C)C=NC)C(C)OC(CC)COCc1ccccc1.OCc1ccccc1.OCc1ccccc1. The van der Waals surface area contributed by atoms with Gasteiger partial charge in [0, 0.05) is 24.4 Å². The summed E-state index contributed by atoms with van der Waals surface area (Å²) in [7, 11) is 1.76. The monoisotopic (exact) mass is 590 g/mol. The fraction of sp³-hybridized carbons (Fsp3) is 0.314. The van der Waals surface area contributed by atoms with E-state index < -0.39 is 0 Å². The molecule has 0 aliphatic carbocycles. The molecule has 6 nitrogen and oxygen atoms in total. The van der Waals surface area contributed by atoms with Crippen molar-refractivity contribution in [2.24, 2.45) is 9.98 Å². The molecular formula is C35H46N2O4S. The molecule has 0 heterocycles. The third-order valence-electron chi connectivity index (χ3n) is 5.65. The summed E-state index contributed by atoms with van der Waals surface area (Å²) in [6.45, 7) is 11.1. The second-order valence-corrected chi connectivity index (χ2v) is 10.1. The van der Waals surface area contributed by atoms with E-state index in [9.17, 15) is 0 Å². The number of thioether (sulfide) groups is 1. The zero-order valence-electron chi connectivity index (χ0n) is 25.3. The van der Waals surface area contributed by atoms with Crippen molar-refractivity contribution >= 4 is 24.7 Å². The standard InChI is InChI=1S/C21H30N2O2S.2C7H8O/c1-6-20(15-24-14-19-10-8-7-9-11-19)25-18(3)21(13-23-5)26-16-17(2)12-22-4;2*8-6-7-4-2-1-3-5-7/h7-13,16,18,20H,5-6,14-15H2,1-4H3;2*1-5,8H,6H2/b17-16+,21-13+,22-12?;;. The van der Waals surface area contributed by atoms with Crippen molar-refractivity contribution in [1.82, 2.24) is 0 Å². The van der Waals surface area contributed by atoms with Gasteiger partial charge in [-0.25, -0.2) is 0 Å². The largest absolute Gasteiger partial charge is 0.392 e. The molecule has 2 N–H and O–H groups in total. The summed E-state index contributed by atoms with van der Waals surface area (Å²) in [5, 5.41) is 19.1. The van der Waals surface area contributed by atoms with Crippen LogP contribution in [0.2, 0.25) is 0 Å². The van der Waals surface area contributed by atoms with Crippen LogP contribution in [0.3, 0.4) is 0 Å². The predicted molar refractivity (Wildman–Crippen MR) is 179 cm³/mol. The Morgan fingerprint density at radius 2 is 1.38 bits per heavy atom. The first-order chi connectivity index (χ1) is 20.5. The van der Waals surface area contributed by atoms with Crippen molar-refractivity contribution in [3.05, 3.63) is 130 Å². The molecule has 0 radical (unpaired) electrons. The normalized spacial score (nSPS) is 12.9. The van der Waals surface area contributed by atoms with Gasteiger partial charge in [0.25, 0.3) is 0 Å². The van der Waals surface area contributed by atoms with Crippen LogP contribution in [0.15, 0.2) is 123 Å². The second-order valence-electron chi connectivity index (χ2n) is 9.18. The van der Waals surface area contributed by atoms with Gasteiger partial charge in [0.05, 0.1) is 38.6 Å². The molecular weight excluding hydrogens is 544 g/mol. The minimum Gasteiger partial charge on any atom is -0.392 e. The third-order valence-corrected chi connectivity index (χ3v) is 6.85. The van der Waals surface area contributed by atoms with Crippen molar-refractivity contribution < 1.29 is 19.7 Å². The van der Waals surface area contributed by atoms with Gasteiger partial charge in [-0.3, -0.25) is 9.98 Å². The van der Waals surface area contributed by atoms with E-state index in [0.29, 0.717) is 13.2 Å². The maximum Gasteiger partial charge on any atom is 0.0878 e. The number of aliphatic hydroxyl groups is 2. The van der Waals surface area contributed by atoms with Gasteiger partial charge < -0.3 is 19.7 Å². The Morgan fingerprint density at radius 1 is 0.881 bits per heavy atom. The van der Waals surface area contributed by atoms with Gasteiger partial charge in [-0.15, -0.1) is 0 Å². The van der Waals surface area contributed by atoms with Crippen LogP contribution >= 0.6 is 11.8 Å². The van der Waals surface area contributed by atoms with Crippen LogP contribution < -0.4 is 0 Å². The summed E-state index contributed by atoms with van der Waals surface area (Å²) < 4.78 is 12.0. The van der Waals surface area contributed by atoms with Crippen molar-refractivity contribution in [1.29, 1.82) is 0 Å². The molecule has 0 spiro atoms. The topological polar surface area (TPSA) is 83.6 Å². The lowest BCUT2D eigenvalue weighted by atomic mass is 10.2. The van der Waals surface area contributed by atoms with Crippen LogP contribution in [-0.2, 0) is 29.3 Å². The van der Waals surface area contributed by atoms with Crippen molar-refractivity contribution in [3.63, 3.8) is 0 Å². The number of aliphatic imine (C=N–C) groups is 2. The first kappa shape index (κ1) is 36.7. The van der Waals surface area contributed by atoms with Gasteiger partial charge >= 0.3 is 0 Å². The van der Waals surface area contributed by atoms with Crippen LogP contribution in [0.4, 0.5) is 0 Å². The van der Waals surface area contributed by atoms with E-state index in [0.717, 1.165) is 28.0 Å². The number of benzene rings is 3. The average Bonchev–Trinajstić information content (AvgIpc) is 3.04. The summed E-state index contributed by atoms with van der Waals surface area (Å²) >= 11 is 1.58. The van der Waals surface area contributed by atoms with E-state index in [2.05, 4.69) is 35.8 Å². The fourth-order valence-electron chi connectivity index (χ4n) is 3.37. The van der Waals surface area contributed by atoms with Gasteiger partial charge in [-0.05, 0) is 54.7 Å². The number of hydrogen-bond acceptors (Lipinski definition) is 7. The molecule has 3 aromatic rings. The highest BCUT2D eigenvalue weighted by molar-refractivity contribution is 8.05. The molecule has 0 aromatic heterocycles. The molecule has 0 aliphatic rings. The van der Waals surface area contributed by atoms with Gasteiger partial charge in [-0.1, -0.05) is 110 Å². The lowest BCUT2D eigenvalue weighted by molar-refractivity contribution is -0.0418. The summed E-state index contributed by atoms with van der Waals surface area (Å²) in [5.74, 6) is 0. The second kappa shape index (κ2) is 24.3. The zero-order chi connectivity index (χ0) is 30.8. The summed E-state index contributed by atoms with van der Waals surface area (Å²) in [6, 6.07) is 29.2. The number of ether oxygens (including phenoxy) is 2. The maximum atomic E-state index is 8.54. The minimum atomic E-state index is -0.0848. The quantitative estimate of drug-likeness (QED) is 0.189. The zero-order valence-corrected chi connectivity index (χ0v) is 26.1. The highest BCUT2D eigenvalue weighted by Crippen LogP contribution is 2.25. The molecule has 2 atom stereocenters. The van der Waals surface area contributed by atoms with Gasteiger partial charge in [0.1, 0.15) is 0 Å². The Labute approximate surface area is 256 Å². The highest BCUT2D eigenvalue weighted by atomic mass is 32.2. The highest BCUT2D eigenvalue weighted by Gasteiger charge is 2.16. The number of allylic oxidation sites excluding steroid dienone is 1. The predicted octanol–water partition coefficient (Wildman–Crippen LogP) is 7.62. The molecule has 0 saturated carbocycles. The van der Waals surface area contributed by atoms with E-state index in [1.54, 1.807) is 25.0 Å². The fourth-order valence-corrected chi connectivity index (χ4v) is 4.14. The van der Waals surface area contributed by atoms with Crippen LogP contribution in [0.25, 0.3) is 0 Å². The number of aliphatic hydroxyl groups excluding tert-OH is 2. The lowest BCUT2D eigenvalue weighted by Crippen LogP contribution is -2.24. The molecule has 226 valence electrons. The summed E-state index contributed by atoms with van der Waals surface area (Å²) in [5.41, 5.74) is 4.18. The lowest BCUT2D eigenvalue weighted by Gasteiger charge is -2.22. The Bertz CT molecular complexity index is 1130. The Morgan fingerprint density at radius 3 is 1.79 bits per heavy atom. The van der Waals surface area contributed by atoms with E-state index in [4.69, 9.17) is 19.7 Å². The van der Waals surface area contributed by atoms with E-state index in [1.165, 1.54) is 5.56 Å². The molecule has 3 rings (SSSR count). The molecule has 0 saturated heterocycles. The first-order valence-electron chi connectivity index (χ1n) is 13.9. The molecule has 0 fully saturated rings. The van der Waals surface area contributed by atoms with E-state index in [-0.39, 0.29) is 25.4 Å².